The number of amides is 1. The second-order valence-corrected chi connectivity index (χ2v) is 5.07. The van der Waals surface area contributed by atoms with Crippen molar-refractivity contribution in [2.24, 2.45) is 0 Å². The molecule has 1 aromatic carbocycles. The summed E-state index contributed by atoms with van der Waals surface area (Å²) in [5.41, 5.74) is 0.909. The first-order chi connectivity index (χ1) is 10.0. The molecule has 0 spiro atoms. The van der Waals surface area contributed by atoms with Gasteiger partial charge in [-0.3, -0.25) is 9.59 Å². The quantitative estimate of drug-likeness (QED) is 0.823. The van der Waals surface area contributed by atoms with Gasteiger partial charge < -0.3 is 19.5 Å². The lowest BCUT2D eigenvalue weighted by Crippen LogP contribution is -2.40. The Morgan fingerprint density at radius 2 is 2.10 bits per heavy atom. The minimum absolute atomic E-state index is 0.0507. The first kappa shape index (κ1) is 15.2. The lowest BCUT2D eigenvalue weighted by atomic mass is 10.2. The number of carboxylic acid groups (broad SMARTS) is 1. The lowest BCUT2D eigenvalue weighted by molar-refractivity contribution is -0.145. The van der Waals surface area contributed by atoms with Gasteiger partial charge in [0, 0.05) is 6.04 Å². The summed E-state index contributed by atoms with van der Waals surface area (Å²) in [7, 11) is 1.59. The Labute approximate surface area is 123 Å². The number of ether oxygens (including phenoxy) is 2. The van der Waals surface area contributed by atoms with Gasteiger partial charge in [0.25, 0.3) is 5.91 Å². The normalized spacial score (nSPS) is 13.6. The summed E-state index contributed by atoms with van der Waals surface area (Å²) >= 11 is 0. The number of nitrogens with zero attached hydrogens (tertiary/aromatic N) is 1. The number of methoxy groups -OCH3 is 1. The number of carbonyl (C=O) groups is 2. The van der Waals surface area contributed by atoms with Crippen LogP contribution in [0.3, 0.4) is 0 Å². The van der Waals surface area contributed by atoms with Crippen LogP contribution in [0.25, 0.3) is 0 Å². The van der Waals surface area contributed by atoms with Gasteiger partial charge in [-0.1, -0.05) is 0 Å². The second-order valence-electron chi connectivity index (χ2n) is 5.07. The van der Waals surface area contributed by atoms with Crippen LogP contribution < -0.4 is 9.47 Å². The van der Waals surface area contributed by atoms with Crippen LogP contribution in [0.15, 0.2) is 18.2 Å². The average molecular weight is 293 g/mol. The van der Waals surface area contributed by atoms with E-state index in [0.717, 1.165) is 24.2 Å². The molecule has 0 aliphatic heterocycles. The highest BCUT2D eigenvalue weighted by molar-refractivity contribution is 5.83. The van der Waals surface area contributed by atoms with Crippen LogP contribution in [0.1, 0.15) is 18.4 Å². The van der Waals surface area contributed by atoms with E-state index in [-0.39, 0.29) is 25.1 Å². The number of hydrogen-bond acceptors (Lipinski definition) is 4. The zero-order valence-electron chi connectivity index (χ0n) is 12.2. The molecule has 1 aromatic rings. The fourth-order valence-electron chi connectivity index (χ4n) is 2.12. The van der Waals surface area contributed by atoms with Crippen molar-refractivity contribution in [2.45, 2.75) is 25.8 Å². The summed E-state index contributed by atoms with van der Waals surface area (Å²) in [5.74, 6) is 0.01000. The minimum Gasteiger partial charge on any atom is -0.496 e. The van der Waals surface area contributed by atoms with E-state index in [9.17, 15) is 9.59 Å². The van der Waals surface area contributed by atoms with Crippen molar-refractivity contribution in [3.8, 4) is 11.5 Å². The van der Waals surface area contributed by atoms with E-state index in [2.05, 4.69) is 0 Å². The third-order valence-electron chi connectivity index (χ3n) is 3.34. The van der Waals surface area contributed by atoms with Crippen molar-refractivity contribution >= 4 is 11.9 Å². The van der Waals surface area contributed by atoms with Crippen LogP contribution >= 0.6 is 0 Å². The lowest BCUT2D eigenvalue weighted by Gasteiger charge is -2.20. The zero-order valence-corrected chi connectivity index (χ0v) is 12.2. The van der Waals surface area contributed by atoms with Gasteiger partial charge in [0.2, 0.25) is 0 Å². The third-order valence-corrected chi connectivity index (χ3v) is 3.34. The maximum atomic E-state index is 12.1. The fraction of sp³-hybridized carbons (Fsp3) is 0.467. The summed E-state index contributed by atoms with van der Waals surface area (Å²) in [6.07, 6.45) is 1.72. The molecule has 0 radical (unpaired) electrons. The molecule has 0 unspecified atom stereocenters. The number of benzene rings is 1. The molecule has 0 saturated heterocycles. The van der Waals surface area contributed by atoms with E-state index >= 15 is 0 Å². The molecule has 1 fully saturated rings. The van der Waals surface area contributed by atoms with E-state index in [1.54, 1.807) is 25.3 Å². The van der Waals surface area contributed by atoms with E-state index in [1.807, 2.05) is 6.92 Å². The standard InChI is InChI=1S/C15H19NO5/c1-10-7-12(5-6-13(10)20-2)21-9-14(17)16(8-15(18)19)11-3-4-11/h5-7,11H,3-4,8-9H2,1-2H3,(H,18,19). The summed E-state index contributed by atoms with van der Waals surface area (Å²) in [4.78, 5) is 24.2. The van der Waals surface area contributed by atoms with Crippen molar-refractivity contribution in [2.75, 3.05) is 20.3 Å². The van der Waals surface area contributed by atoms with Gasteiger partial charge in [0.1, 0.15) is 18.0 Å². The van der Waals surface area contributed by atoms with Crippen molar-refractivity contribution in [3.63, 3.8) is 0 Å². The predicted octanol–water partition coefficient (Wildman–Crippen LogP) is 1.46. The fourth-order valence-corrected chi connectivity index (χ4v) is 2.12. The van der Waals surface area contributed by atoms with E-state index in [4.69, 9.17) is 14.6 Å². The van der Waals surface area contributed by atoms with Crippen molar-refractivity contribution in [1.29, 1.82) is 0 Å². The number of aryl methyl sites for hydroxylation is 1. The molecule has 1 aliphatic carbocycles. The zero-order chi connectivity index (χ0) is 15.4. The third kappa shape index (κ3) is 4.11. The summed E-state index contributed by atoms with van der Waals surface area (Å²) in [6, 6.07) is 5.32. The molecule has 1 saturated carbocycles. The van der Waals surface area contributed by atoms with Crippen molar-refractivity contribution < 1.29 is 24.2 Å². The highest BCUT2D eigenvalue weighted by Crippen LogP contribution is 2.27. The second kappa shape index (κ2) is 6.47. The Bertz CT molecular complexity index is 539. The van der Waals surface area contributed by atoms with Crippen LogP contribution in [0, 0.1) is 6.92 Å². The molecule has 114 valence electrons. The predicted molar refractivity (Wildman–Crippen MR) is 75.6 cm³/mol. The van der Waals surface area contributed by atoms with Crippen molar-refractivity contribution in [1.82, 2.24) is 4.90 Å². The van der Waals surface area contributed by atoms with Gasteiger partial charge in [0.15, 0.2) is 6.61 Å². The molecule has 0 bridgehead atoms. The average Bonchev–Trinajstić information content (AvgIpc) is 3.26. The molecule has 6 nitrogen and oxygen atoms in total. The van der Waals surface area contributed by atoms with E-state index in [1.165, 1.54) is 4.90 Å². The maximum absolute atomic E-state index is 12.1. The number of carboxylic acids is 1. The van der Waals surface area contributed by atoms with Gasteiger partial charge in [-0.2, -0.15) is 0 Å². The first-order valence-corrected chi connectivity index (χ1v) is 6.80. The molecule has 1 N–H and O–H groups in total. The molecule has 0 heterocycles. The summed E-state index contributed by atoms with van der Waals surface area (Å²) in [6.45, 7) is 1.46. The minimum atomic E-state index is -1.00. The van der Waals surface area contributed by atoms with E-state index < -0.39 is 5.97 Å². The number of aliphatic carboxylic acids is 1. The largest absolute Gasteiger partial charge is 0.496 e. The van der Waals surface area contributed by atoms with Crippen LogP contribution in [0.2, 0.25) is 0 Å². The number of rotatable bonds is 7. The van der Waals surface area contributed by atoms with Crippen LogP contribution in [-0.2, 0) is 9.59 Å². The molecule has 0 aromatic heterocycles. The Morgan fingerprint density at radius 1 is 1.38 bits per heavy atom. The maximum Gasteiger partial charge on any atom is 0.323 e. The number of carbonyl (C=O) groups excluding carboxylic acids is 1. The van der Waals surface area contributed by atoms with Crippen LogP contribution in [-0.4, -0.2) is 48.2 Å². The molecule has 0 atom stereocenters. The van der Waals surface area contributed by atoms with Gasteiger partial charge >= 0.3 is 5.97 Å². The summed E-state index contributed by atoms with van der Waals surface area (Å²) < 4.78 is 10.6. The van der Waals surface area contributed by atoms with E-state index in [0.29, 0.717) is 5.75 Å². The van der Waals surface area contributed by atoms with Gasteiger partial charge in [-0.05, 0) is 43.5 Å². The van der Waals surface area contributed by atoms with Gasteiger partial charge in [0.05, 0.1) is 7.11 Å². The van der Waals surface area contributed by atoms with Crippen LogP contribution in [0.5, 0.6) is 11.5 Å². The van der Waals surface area contributed by atoms with Gasteiger partial charge in [-0.25, -0.2) is 0 Å². The van der Waals surface area contributed by atoms with Crippen LogP contribution in [0.4, 0.5) is 0 Å². The Morgan fingerprint density at radius 3 is 2.62 bits per heavy atom. The molecular formula is C15H19NO5. The number of hydrogen-bond donors (Lipinski definition) is 1. The first-order valence-electron chi connectivity index (χ1n) is 6.80. The Balaban J connectivity index is 1.93. The Hall–Kier alpha value is -2.24. The summed E-state index contributed by atoms with van der Waals surface area (Å²) in [5, 5.41) is 8.84. The molecule has 1 amide bonds. The topological polar surface area (TPSA) is 76.1 Å². The Kier molecular flexibility index (Phi) is 4.67. The molecule has 2 rings (SSSR count). The van der Waals surface area contributed by atoms with Gasteiger partial charge in [-0.15, -0.1) is 0 Å². The molecule has 1 aliphatic rings. The molecule has 21 heavy (non-hydrogen) atoms. The monoisotopic (exact) mass is 293 g/mol. The van der Waals surface area contributed by atoms with Crippen molar-refractivity contribution in [3.05, 3.63) is 23.8 Å². The SMILES string of the molecule is COc1ccc(OCC(=O)N(CC(=O)O)C2CC2)cc1C. The highest BCUT2D eigenvalue weighted by atomic mass is 16.5. The molecule has 6 heteroatoms. The highest BCUT2D eigenvalue weighted by Gasteiger charge is 2.33. The molecular weight excluding hydrogens is 274 g/mol. The smallest absolute Gasteiger partial charge is 0.323 e.